The number of nitriles is 1. The van der Waals surface area contributed by atoms with Gasteiger partial charge in [-0.1, -0.05) is 19.9 Å². The van der Waals surface area contributed by atoms with Crippen LogP contribution in [0.5, 0.6) is 0 Å². The van der Waals surface area contributed by atoms with Crippen molar-refractivity contribution >= 4 is 11.6 Å². The lowest BCUT2D eigenvalue weighted by atomic mass is 10.1. The Hall–Kier alpha value is -2.61. The number of anilines is 1. The quantitative estimate of drug-likeness (QED) is 0.883. The van der Waals surface area contributed by atoms with E-state index in [9.17, 15) is 4.79 Å². The van der Waals surface area contributed by atoms with Gasteiger partial charge in [-0.05, 0) is 30.2 Å². The van der Waals surface area contributed by atoms with E-state index in [0.717, 1.165) is 5.69 Å². The van der Waals surface area contributed by atoms with Crippen molar-refractivity contribution in [2.75, 3.05) is 5.32 Å². The summed E-state index contributed by atoms with van der Waals surface area (Å²) in [5, 5.41) is 18.3. The van der Waals surface area contributed by atoms with E-state index in [1.165, 1.54) is 0 Å². The molecular weight excluding hydrogens is 240 g/mol. The molecule has 96 valence electrons. The van der Waals surface area contributed by atoms with E-state index in [1.807, 2.05) is 19.9 Å². The molecule has 5 heteroatoms. The third-order valence-corrected chi connectivity index (χ3v) is 2.70. The molecule has 1 aromatic heterocycles. The summed E-state index contributed by atoms with van der Waals surface area (Å²) < 4.78 is 0. The average molecular weight is 254 g/mol. The van der Waals surface area contributed by atoms with Crippen LogP contribution in [0.1, 0.15) is 41.5 Å². The number of aromatic amines is 1. The average Bonchev–Trinajstić information content (AvgIpc) is 2.89. The minimum Gasteiger partial charge on any atom is -0.321 e. The molecule has 0 spiro atoms. The van der Waals surface area contributed by atoms with Gasteiger partial charge in [-0.3, -0.25) is 9.89 Å². The van der Waals surface area contributed by atoms with E-state index in [0.29, 0.717) is 16.9 Å². The molecule has 0 bridgehead atoms. The van der Waals surface area contributed by atoms with Gasteiger partial charge in [0.15, 0.2) is 5.69 Å². The van der Waals surface area contributed by atoms with Crippen LogP contribution in [0.2, 0.25) is 0 Å². The zero-order valence-corrected chi connectivity index (χ0v) is 10.8. The normalized spacial score (nSPS) is 10.2. The number of hydrogen-bond donors (Lipinski definition) is 2. The maximum Gasteiger partial charge on any atom is 0.276 e. The molecular formula is C14H14N4O. The van der Waals surface area contributed by atoms with E-state index in [-0.39, 0.29) is 11.8 Å². The number of H-pyrrole nitrogens is 1. The molecule has 0 aliphatic heterocycles. The first kappa shape index (κ1) is 12.8. The minimum absolute atomic E-state index is 0.288. The van der Waals surface area contributed by atoms with Crippen molar-refractivity contribution in [2.45, 2.75) is 19.8 Å². The summed E-state index contributed by atoms with van der Waals surface area (Å²) in [7, 11) is 0. The van der Waals surface area contributed by atoms with Crippen LogP contribution < -0.4 is 5.32 Å². The Morgan fingerprint density at radius 1 is 1.42 bits per heavy atom. The van der Waals surface area contributed by atoms with Gasteiger partial charge in [-0.25, -0.2) is 0 Å². The molecule has 0 aliphatic carbocycles. The van der Waals surface area contributed by atoms with Gasteiger partial charge in [0.2, 0.25) is 0 Å². The second kappa shape index (κ2) is 5.36. The topological polar surface area (TPSA) is 81.6 Å². The number of nitrogens with one attached hydrogen (secondary N) is 2. The Bertz CT molecular complexity index is 637. The largest absolute Gasteiger partial charge is 0.321 e. The summed E-state index contributed by atoms with van der Waals surface area (Å²) in [5.41, 5.74) is 2.34. The number of carbonyl (C=O) groups is 1. The SMILES string of the molecule is CC(C)c1cc(C(=O)Nc2cccc(C#N)c2)n[nH]1. The van der Waals surface area contributed by atoms with Crippen molar-refractivity contribution in [2.24, 2.45) is 0 Å². The van der Waals surface area contributed by atoms with Crippen molar-refractivity contribution in [1.29, 1.82) is 5.26 Å². The molecule has 0 aliphatic rings. The Morgan fingerprint density at radius 3 is 2.84 bits per heavy atom. The van der Waals surface area contributed by atoms with E-state index < -0.39 is 0 Å². The summed E-state index contributed by atoms with van der Waals surface area (Å²) in [4.78, 5) is 12.0. The summed E-state index contributed by atoms with van der Waals surface area (Å²) in [6.45, 7) is 4.04. The fourth-order valence-corrected chi connectivity index (χ4v) is 1.61. The van der Waals surface area contributed by atoms with Gasteiger partial charge in [-0.2, -0.15) is 10.4 Å². The third-order valence-electron chi connectivity index (χ3n) is 2.70. The molecule has 19 heavy (non-hydrogen) atoms. The van der Waals surface area contributed by atoms with Crippen molar-refractivity contribution < 1.29 is 4.79 Å². The first-order valence-corrected chi connectivity index (χ1v) is 5.97. The molecule has 0 unspecified atom stereocenters. The molecule has 1 amide bonds. The van der Waals surface area contributed by atoms with E-state index in [4.69, 9.17) is 5.26 Å². The van der Waals surface area contributed by atoms with Crippen LogP contribution in [-0.4, -0.2) is 16.1 Å². The number of nitrogens with zero attached hydrogens (tertiary/aromatic N) is 2. The molecule has 0 atom stereocenters. The minimum atomic E-state index is -0.293. The first-order valence-electron chi connectivity index (χ1n) is 5.97. The molecule has 2 rings (SSSR count). The molecule has 0 fully saturated rings. The van der Waals surface area contributed by atoms with Crippen LogP contribution >= 0.6 is 0 Å². The van der Waals surface area contributed by atoms with Gasteiger partial charge in [0, 0.05) is 11.4 Å². The summed E-state index contributed by atoms with van der Waals surface area (Å²) in [6, 6.07) is 10.5. The number of aromatic nitrogens is 2. The van der Waals surface area contributed by atoms with Crippen molar-refractivity contribution in [3.63, 3.8) is 0 Å². The molecule has 0 saturated heterocycles. The van der Waals surface area contributed by atoms with E-state index in [2.05, 4.69) is 15.5 Å². The van der Waals surface area contributed by atoms with Crippen molar-refractivity contribution in [3.05, 3.63) is 47.3 Å². The van der Waals surface area contributed by atoms with Crippen LogP contribution in [0.4, 0.5) is 5.69 Å². The highest BCUT2D eigenvalue weighted by molar-refractivity contribution is 6.02. The van der Waals surface area contributed by atoms with Gasteiger partial charge in [0.25, 0.3) is 5.91 Å². The monoisotopic (exact) mass is 254 g/mol. The number of amides is 1. The number of benzene rings is 1. The third kappa shape index (κ3) is 2.99. The Balaban J connectivity index is 2.14. The number of hydrogen-bond acceptors (Lipinski definition) is 3. The standard InChI is InChI=1S/C14H14N4O/c1-9(2)12-7-13(18-17-12)14(19)16-11-5-3-4-10(6-11)8-15/h3-7,9H,1-2H3,(H,16,19)(H,17,18). The van der Waals surface area contributed by atoms with Crippen molar-refractivity contribution in [1.82, 2.24) is 10.2 Å². The maximum absolute atomic E-state index is 12.0. The van der Waals surface area contributed by atoms with Gasteiger partial charge < -0.3 is 5.32 Å². The molecule has 1 aromatic carbocycles. The van der Waals surface area contributed by atoms with E-state index >= 15 is 0 Å². The predicted octanol–water partition coefficient (Wildman–Crippen LogP) is 2.66. The Labute approximate surface area is 111 Å². The van der Waals surface area contributed by atoms with Crippen molar-refractivity contribution in [3.8, 4) is 6.07 Å². The summed E-state index contributed by atoms with van der Waals surface area (Å²) in [6.07, 6.45) is 0. The highest BCUT2D eigenvalue weighted by Gasteiger charge is 2.12. The predicted molar refractivity (Wildman–Crippen MR) is 71.8 cm³/mol. The van der Waals surface area contributed by atoms with Crippen LogP contribution in [0.15, 0.2) is 30.3 Å². The molecule has 1 heterocycles. The van der Waals surface area contributed by atoms with Gasteiger partial charge >= 0.3 is 0 Å². The molecule has 5 nitrogen and oxygen atoms in total. The number of carbonyl (C=O) groups excluding carboxylic acids is 1. The zero-order chi connectivity index (χ0) is 13.8. The van der Waals surface area contributed by atoms with Crippen LogP contribution in [0, 0.1) is 11.3 Å². The lowest BCUT2D eigenvalue weighted by Crippen LogP contribution is -2.12. The fourth-order valence-electron chi connectivity index (χ4n) is 1.61. The van der Waals surface area contributed by atoms with Gasteiger partial charge in [0.1, 0.15) is 0 Å². The smallest absolute Gasteiger partial charge is 0.276 e. The Kier molecular flexibility index (Phi) is 3.62. The van der Waals surface area contributed by atoms with Gasteiger partial charge in [-0.15, -0.1) is 0 Å². The lowest BCUT2D eigenvalue weighted by Gasteiger charge is -2.02. The molecule has 2 aromatic rings. The summed E-state index contributed by atoms with van der Waals surface area (Å²) in [5.74, 6) is -0.00536. The molecule has 0 saturated carbocycles. The lowest BCUT2D eigenvalue weighted by molar-refractivity contribution is 0.102. The second-order valence-corrected chi connectivity index (χ2v) is 4.51. The van der Waals surface area contributed by atoms with Crippen LogP contribution in [-0.2, 0) is 0 Å². The second-order valence-electron chi connectivity index (χ2n) is 4.51. The molecule has 2 N–H and O–H groups in total. The highest BCUT2D eigenvalue weighted by Crippen LogP contribution is 2.14. The zero-order valence-electron chi connectivity index (χ0n) is 10.8. The first-order chi connectivity index (χ1) is 9.10. The van der Waals surface area contributed by atoms with Crippen LogP contribution in [0.3, 0.4) is 0 Å². The number of rotatable bonds is 3. The fraction of sp³-hybridized carbons (Fsp3) is 0.214. The maximum atomic E-state index is 12.0. The summed E-state index contributed by atoms with van der Waals surface area (Å²) >= 11 is 0. The highest BCUT2D eigenvalue weighted by atomic mass is 16.1. The van der Waals surface area contributed by atoms with Gasteiger partial charge in [0.05, 0.1) is 11.6 Å². The van der Waals surface area contributed by atoms with E-state index in [1.54, 1.807) is 30.3 Å². The molecule has 0 radical (unpaired) electrons. The Morgan fingerprint density at radius 2 is 2.21 bits per heavy atom. The van der Waals surface area contributed by atoms with Crippen LogP contribution in [0.25, 0.3) is 0 Å².